The summed E-state index contributed by atoms with van der Waals surface area (Å²) in [7, 11) is 0. The van der Waals surface area contributed by atoms with Gasteiger partial charge in [-0.2, -0.15) is 0 Å². The number of nitrogens with zero attached hydrogens (tertiary/aromatic N) is 2. The summed E-state index contributed by atoms with van der Waals surface area (Å²) in [5.41, 5.74) is 1.34. The third-order valence-corrected chi connectivity index (χ3v) is 5.32. The van der Waals surface area contributed by atoms with Crippen molar-refractivity contribution in [2.24, 2.45) is 5.92 Å². The topological polar surface area (TPSA) is 34.9 Å². The molecule has 2 aromatic rings. The fraction of sp³-hybridized carbons (Fsp3) is 0.571. The van der Waals surface area contributed by atoms with Crippen LogP contribution in [0.2, 0.25) is 0 Å². The minimum atomic E-state index is 0.0928. The van der Waals surface area contributed by atoms with Crippen molar-refractivity contribution in [1.29, 1.82) is 0 Å². The lowest BCUT2D eigenvalue weighted by Crippen LogP contribution is -2.24. The summed E-state index contributed by atoms with van der Waals surface area (Å²) in [6.07, 6.45) is 3.26. The Morgan fingerprint density at radius 3 is 3.00 bits per heavy atom. The fourth-order valence-corrected chi connectivity index (χ4v) is 4.49. The minimum absolute atomic E-state index is 0.0928. The first-order valence-electron chi connectivity index (χ1n) is 6.75. The first kappa shape index (κ1) is 13.1. The van der Waals surface area contributed by atoms with Crippen molar-refractivity contribution in [3.05, 3.63) is 26.6 Å². The molecule has 0 saturated carbocycles. The highest BCUT2D eigenvalue weighted by molar-refractivity contribution is 7.18. The molecule has 0 bridgehead atoms. The van der Waals surface area contributed by atoms with E-state index in [0.29, 0.717) is 18.3 Å². The molecule has 0 radical (unpaired) electrons. The Morgan fingerprint density at radius 2 is 2.32 bits per heavy atom. The van der Waals surface area contributed by atoms with Crippen molar-refractivity contribution in [2.45, 2.75) is 45.5 Å². The van der Waals surface area contributed by atoms with E-state index in [2.05, 4.69) is 11.9 Å². The molecule has 102 valence electrons. The standard InChI is InChI=1S/C14H17ClN2OS/c1-3-17-11(7-15)16-13-12(14(17)18)9-5-4-8(2)6-10(9)19-13/h8H,3-7H2,1-2H3. The van der Waals surface area contributed by atoms with Gasteiger partial charge in [0, 0.05) is 11.4 Å². The number of hydrogen-bond donors (Lipinski definition) is 0. The van der Waals surface area contributed by atoms with Crippen LogP contribution >= 0.6 is 22.9 Å². The lowest BCUT2D eigenvalue weighted by atomic mass is 9.89. The van der Waals surface area contributed by atoms with E-state index in [-0.39, 0.29) is 11.4 Å². The highest BCUT2D eigenvalue weighted by Gasteiger charge is 2.24. The SMILES string of the molecule is CCn1c(CCl)nc2sc3c(c2c1=O)CCC(C)C3. The molecule has 0 saturated heterocycles. The Bertz CT molecular complexity index is 689. The number of aryl methyl sites for hydroxylation is 1. The van der Waals surface area contributed by atoms with Gasteiger partial charge in [0.05, 0.1) is 11.3 Å². The van der Waals surface area contributed by atoms with Gasteiger partial charge in [0.2, 0.25) is 0 Å². The van der Waals surface area contributed by atoms with Crippen LogP contribution in [0.3, 0.4) is 0 Å². The quantitative estimate of drug-likeness (QED) is 0.797. The summed E-state index contributed by atoms with van der Waals surface area (Å²) in [6.45, 7) is 4.87. The number of thiophene rings is 1. The molecule has 1 unspecified atom stereocenters. The molecule has 0 aliphatic heterocycles. The minimum Gasteiger partial charge on any atom is -0.295 e. The van der Waals surface area contributed by atoms with Crippen LogP contribution in [0.1, 0.15) is 36.5 Å². The van der Waals surface area contributed by atoms with Gasteiger partial charge in [0.25, 0.3) is 5.56 Å². The second kappa shape index (κ2) is 4.91. The number of halogens is 1. The first-order chi connectivity index (χ1) is 9.15. The molecule has 0 fully saturated rings. The maximum absolute atomic E-state index is 12.6. The summed E-state index contributed by atoms with van der Waals surface area (Å²) in [4.78, 5) is 19.5. The zero-order chi connectivity index (χ0) is 13.6. The maximum atomic E-state index is 12.6. The van der Waals surface area contributed by atoms with Crippen molar-refractivity contribution in [3.8, 4) is 0 Å². The molecule has 2 aromatic heterocycles. The van der Waals surface area contributed by atoms with Crippen molar-refractivity contribution in [1.82, 2.24) is 9.55 Å². The zero-order valence-corrected chi connectivity index (χ0v) is 12.8. The van der Waals surface area contributed by atoms with Crippen LogP contribution < -0.4 is 5.56 Å². The second-order valence-corrected chi connectivity index (χ2v) is 6.59. The molecule has 0 N–H and O–H groups in total. The Morgan fingerprint density at radius 1 is 1.53 bits per heavy atom. The lowest BCUT2D eigenvalue weighted by Gasteiger charge is -2.17. The van der Waals surface area contributed by atoms with Gasteiger partial charge < -0.3 is 0 Å². The van der Waals surface area contributed by atoms with Gasteiger partial charge in [-0.1, -0.05) is 6.92 Å². The molecule has 0 amide bonds. The Labute approximate surface area is 121 Å². The van der Waals surface area contributed by atoms with Crippen LogP contribution in [0.4, 0.5) is 0 Å². The fourth-order valence-electron chi connectivity index (χ4n) is 2.89. The number of aromatic nitrogens is 2. The van der Waals surface area contributed by atoms with Crippen molar-refractivity contribution in [3.63, 3.8) is 0 Å². The molecule has 0 aromatic carbocycles. The van der Waals surface area contributed by atoms with E-state index >= 15 is 0 Å². The van der Waals surface area contributed by atoms with Gasteiger partial charge in [-0.3, -0.25) is 9.36 Å². The van der Waals surface area contributed by atoms with E-state index in [1.807, 2.05) is 6.92 Å². The lowest BCUT2D eigenvalue weighted by molar-refractivity contribution is 0.509. The number of hydrogen-bond acceptors (Lipinski definition) is 3. The predicted octanol–water partition coefficient (Wildman–Crippen LogP) is 3.34. The molecule has 0 spiro atoms. The summed E-state index contributed by atoms with van der Waals surface area (Å²) >= 11 is 7.60. The van der Waals surface area contributed by atoms with Crippen LogP contribution in [0.25, 0.3) is 10.2 Å². The number of rotatable bonds is 2. The van der Waals surface area contributed by atoms with Gasteiger partial charge in [0.15, 0.2) is 0 Å². The molecular weight excluding hydrogens is 280 g/mol. The second-order valence-electron chi connectivity index (χ2n) is 5.24. The average Bonchev–Trinajstić information content (AvgIpc) is 2.75. The third-order valence-electron chi connectivity index (χ3n) is 3.93. The van der Waals surface area contributed by atoms with E-state index in [1.165, 1.54) is 16.9 Å². The van der Waals surface area contributed by atoms with Gasteiger partial charge in [0.1, 0.15) is 10.7 Å². The monoisotopic (exact) mass is 296 g/mol. The Kier molecular flexibility index (Phi) is 3.39. The van der Waals surface area contributed by atoms with Crippen molar-refractivity contribution in [2.75, 3.05) is 0 Å². The van der Waals surface area contributed by atoms with E-state index < -0.39 is 0 Å². The van der Waals surface area contributed by atoms with Gasteiger partial charge >= 0.3 is 0 Å². The third kappa shape index (κ3) is 2.01. The highest BCUT2D eigenvalue weighted by atomic mass is 35.5. The maximum Gasteiger partial charge on any atom is 0.262 e. The van der Waals surface area contributed by atoms with Crippen LogP contribution in [-0.2, 0) is 25.3 Å². The molecule has 3 nitrogen and oxygen atoms in total. The first-order valence-corrected chi connectivity index (χ1v) is 8.10. The molecule has 2 heterocycles. The van der Waals surface area contributed by atoms with E-state index in [0.717, 1.165) is 23.1 Å². The van der Waals surface area contributed by atoms with E-state index in [9.17, 15) is 4.79 Å². The van der Waals surface area contributed by atoms with Crippen LogP contribution in [0.15, 0.2) is 4.79 Å². The smallest absolute Gasteiger partial charge is 0.262 e. The van der Waals surface area contributed by atoms with Crippen LogP contribution in [0.5, 0.6) is 0 Å². The summed E-state index contributed by atoms with van der Waals surface area (Å²) in [5.74, 6) is 1.69. The molecule has 19 heavy (non-hydrogen) atoms. The van der Waals surface area contributed by atoms with Crippen LogP contribution in [-0.4, -0.2) is 9.55 Å². The average molecular weight is 297 g/mol. The van der Waals surface area contributed by atoms with Gasteiger partial charge in [-0.05, 0) is 37.7 Å². The molecule has 1 aliphatic rings. The van der Waals surface area contributed by atoms with Crippen molar-refractivity contribution < 1.29 is 0 Å². The number of fused-ring (bicyclic) bond motifs is 3. The summed E-state index contributed by atoms with van der Waals surface area (Å²) in [5, 5.41) is 0.850. The largest absolute Gasteiger partial charge is 0.295 e. The Balaban J connectivity index is 2.32. The molecular formula is C14H17ClN2OS. The summed E-state index contributed by atoms with van der Waals surface area (Å²) < 4.78 is 1.71. The summed E-state index contributed by atoms with van der Waals surface area (Å²) in [6, 6.07) is 0. The number of alkyl halides is 1. The van der Waals surface area contributed by atoms with E-state index in [4.69, 9.17) is 11.6 Å². The van der Waals surface area contributed by atoms with Gasteiger partial charge in [-0.15, -0.1) is 22.9 Å². The Hall–Kier alpha value is -0.870. The zero-order valence-electron chi connectivity index (χ0n) is 11.2. The molecule has 5 heteroatoms. The molecule has 1 aliphatic carbocycles. The normalized spacial score (nSPS) is 18.8. The highest BCUT2D eigenvalue weighted by Crippen LogP contribution is 2.35. The van der Waals surface area contributed by atoms with Crippen LogP contribution in [0, 0.1) is 5.92 Å². The molecule has 1 atom stereocenters. The molecule has 3 rings (SSSR count). The van der Waals surface area contributed by atoms with Gasteiger partial charge in [-0.25, -0.2) is 4.98 Å². The predicted molar refractivity (Wildman–Crippen MR) is 80.3 cm³/mol. The van der Waals surface area contributed by atoms with Crippen molar-refractivity contribution >= 4 is 33.2 Å². The van der Waals surface area contributed by atoms with E-state index in [1.54, 1.807) is 15.9 Å².